The molecular formula is C15H19N3O. The number of rotatable bonds is 5. The maximum absolute atomic E-state index is 9.04. The molecular weight excluding hydrogens is 238 g/mol. The van der Waals surface area contributed by atoms with Crippen molar-refractivity contribution in [2.45, 2.75) is 32.8 Å². The lowest BCUT2D eigenvalue weighted by Gasteiger charge is -2.19. The number of ether oxygens (including phenoxy) is 1. The molecule has 3 N–H and O–H groups in total. The fourth-order valence-electron chi connectivity index (χ4n) is 2.23. The van der Waals surface area contributed by atoms with Gasteiger partial charge in [0.05, 0.1) is 17.3 Å². The van der Waals surface area contributed by atoms with Crippen molar-refractivity contribution in [2.24, 2.45) is 11.7 Å². The van der Waals surface area contributed by atoms with E-state index in [4.69, 9.17) is 21.1 Å². The molecule has 1 aliphatic carbocycles. The summed E-state index contributed by atoms with van der Waals surface area (Å²) in [5.41, 5.74) is 8.78. The summed E-state index contributed by atoms with van der Waals surface area (Å²) in [6, 6.07) is 5.87. The molecule has 0 bridgehead atoms. The Kier molecular flexibility index (Phi) is 3.87. The molecule has 1 aromatic rings. The predicted octanol–water partition coefficient (Wildman–Crippen LogP) is 2.31. The number of hydrogen-bond donors (Lipinski definition) is 2. The summed E-state index contributed by atoms with van der Waals surface area (Å²) in [6.07, 6.45) is 1.80. The Bertz CT molecular complexity index is 518. The van der Waals surface area contributed by atoms with E-state index in [0.29, 0.717) is 29.5 Å². The molecule has 0 aliphatic heterocycles. The summed E-state index contributed by atoms with van der Waals surface area (Å²) in [4.78, 5) is 0. The van der Waals surface area contributed by atoms with Crippen molar-refractivity contribution in [3.63, 3.8) is 0 Å². The second-order valence-electron chi connectivity index (χ2n) is 5.12. The normalized spacial score (nSPS) is 15.7. The molecule has 1 aliphatic rings. The first-order valence-corrected chi connectivity index (χ1v) is 6.53. The SMILES string of the molecule is Cc1cc(OC(CN)C(=N)C2CC2)cc(C)c1C#N. The summed E-state index contributed by atoms with van der Waals surface area (Å²) in [5.74, 6) is 1.05. The van der Waals surface area contributed by atoms with Crippen LogP contribution in [-0.2, 0) is 0 Å². The van der Waals surface area contributed by atoms with E-state index in [-0.39, 0.29) is 6.10 Å². The standard InChI is InChI=1S/C15H19N3O/c1-9-5-12(6-10(2)13(9)7-16)19-14(8-17)15(18)11-3-4-11/h5-6,11,14,18H,3-4,8,17H2,1-2H3. The topological polar surface area (TPSA) is 82.9 Å². The first kappa shape index (κ1) is 13.6. The quantitative estimate of drug-likeness (QED) is 0.794. The second kappa shape index (κ2) is 5.41. The molecule has 0 saturated heterocycles. The number of hydrogen-bond acceptors (Lipinski definition) is 4. The Morgan fingerprint density at radius 1 is 1.47 bits per heavy atom. The molecule has 0 amide bonds. The second-order valence-corrected chi connectivity index (χ2v) is 5.12. The predicted molar refractivity (Wildman–Crippen MR) is 74.6 cm³/mol. The third kappa shape index (κ3) is 2.94. The van der Waals surface area contributed by atoms with Crippen molar-refractivity contribution >= 4 is 5.71 Å². The van der Waals surface area contributed by atoms with Crippen LogP contribution in [0.2, 0.25) is 0 Å². The molecule has 0 spiro atoms. The molecule has 1 atom stereocenters. The van der Waals surface area contributed by atoms with Crippen molar-refractivity contribution in [3.8, 4) is 11.8 Å². The summed E-state index contributed by atoms with van der Waals surface area (Å²) in [7, 11) is 0. The Hall–Kier alpha value is -1.86. The van der Waals surface area contributed by atoms with Crippen LogP contribution in [0.15, 0.2) is 12.1 Å². The van der Waals surface area contributed by atoms with Gasteiger partial charge in [-0.2, -0.15) is 5.26 Å². The third-order valence-corrected chi connectivity index (χ3v) is 3.47. The molecule has 2 rings (SSSR count). The zero-order valence-corrected chi connectivity index (χ0v) is 11.4. The molecule has 0 heterocycles. The van der Waals surface area contributed by atoms with Gasteiger partial charge in [0.15, 0.2) is 0 Å². The largest absolute Gasteiger partial charge is 0.483 e. The van der Waals surface area contributed by atoms with Crippen LogP contribution in [0.5, 0.6) is 5.75 Å². The maximum Gasteiger partial charge on any atom is 0.148 e. The lowest BCUT2D eigenvalue weighted by atomic mass is 10.0. The highest BCUT2D eigenvalue weighted by atomic mass is 16.5. The van der Waals surface area contributed by atoms with E-state index in [0.717, 1.165) is 24.0 Å². The van der Waals surface area contributed by atoms with Gasteiger partial charge in [-0.25, -0.2) is 0 Å². The molecule has 19 heavy (non-hydrogen) atoms. The fourth-order valence-corrected chi connectivity index (χ4v) is 2.23. The molecule has 1 unspecified atom stereocenters. The smallest absolute Gasteiger partial charge is 0.148 e. The third-order valence-electron chi connectivity index (χ3n) is 3.47. The Morgan fingerprint density at radius 3 is 2.47 bits per heavy atom. The van der Waals surface area contributed by atoms with Crippen LogP contribution in [-0.4, -0.2) is 18.4 Å². The number of nitrogens with zero attached hydrogens (tertiary/aromatic N) is 1. The zero-order valence-electron chi connectivity index (χ0n) is 11.4. The van der Waals surface area contributed by atoms with Crippen LogP contribution in [0.3, 0.4) is 0 Å². The number of nitrogens with one attached hydrogen (secondary N) is 1. The van der Waals surface area contributed by atoms with Crippen molar-refractivity contribution in [2.75, 3.05) is 6.54 Å². The van der Waals surface area contributed by atoms with E-state index < -0.39 is 0 Å². The van der Waals surface area contributed by atoms with Gasteiger partial charge in [-0.3, -0.25) is 0 Å². The van der Waals surface area contributed by atoms with Gasteiger partial charge in [0, 0.05) is 12.5 Å². The van der Waals surface area contributed by atoms with E-state index in [1.165, 1.54) is 0 Å². The molecule has 4 nitrogen and oxygen atoms in total. The molecule has 1 aromatic carbocycles. The number of aryl methyl sites for hydroxylation is 2. The van der Waals surface area contributed by atoms with Gasteiger partial charge in [-0.15, -0.1) is 0 Å². The van der Waals surface area contributed by atoms with E-state index >= 15 is 0 Å². The number of nitriles is 1. The monoisotopic (exact) mass is 257 g/mol. The summed E-state index contributed by atoms with van der Waals surface area (Å²) >= 11 is 0. The average molecular weight is 257 g/mol. The first-order chi connectivity index (χ1) is 9.06. The maximum atomic E-state index is 9.04. The zero-order chi connectivity index (χ0) is 14.0. The van der Waals surface area contributed by atoms with E-state index in [1.54, 1.807) is 0 Å². The first-order valence-electron chi connectivity index (χ1n) is 6.53. The Labute approximate surface area is 113 Å². The van der Waals surface area contributed by atoms with Crippen LogP contribution in [0, 0.1) is 36.5 Å². The van der Waals surface area contributed by atoms with E-state index in [1.807, 2.05) is 26.0 Å². The van der Waals surface area contributed by atoms with Gasteiger partial charge in [0.25, 0.3) is 0 Å². The van der Waals surface area contributed by atoms with Crippen molar-refractivity contribution < 1.29 is 4.74 Å². The van der Waals surface area contributed by atoms with Gasteiger partial charge in [0.2, 0.25) is 0 Å². The Morgan fingerprint density at radius 2 is 2.05 bits per heavy atom. The van der Waals surface area contributed by atoms with Gasteiger partial charge in [0.1, 0.15) is 11.9 Å². The highest BCUT2D eigenvalue weighted by Crippen LogP contribution is 2.32. The average Bonchev–Trinajstić information content (AvgIpc) is 3.19. The van der Waals surface area contributed by atoms with Crippen LogP contribution < -0.4 is 10.5 Å². The molecule has 1 fully saturated rings. The molecule has 0 radical (unpaired) electrons. The van der Waals surface area contributed by atoms with Crippen molar-refractivity contribution in [1.29, 1.82) is 10.7 Å². The minimum absolute atomic E-state index is 0.313. The van der Waals surface area contributed by atoms with Gasteiger partial charge >= 0.3 is 0 Å². The summed E-state index contributed by atoms with van der Waals surface area (Å²) < 4.78 is 5.83. The molecule has 4 heteroatoms. The van der Waals surface area contributed by atoms with Crippen LogP contribution in [0.1, 0.15) is 29.5 Å². The van der Waals surface area contributed by atoms with E-state index in [2.05, 4.69) is 6.07 Å². The minimum atomic E-state index is -0.348. The van der Waals surface area contributed by atoms with Gasteiger partial charge in [-0.05, 0) is 49.9 Å². The Balaban J connectivity index is 2.18. The fraction of sp³-hybridized carbons (Fsp3) is 0.467. The van der Waals surface area contributed by atoms with Gasteiger partial charge in [-0.1, -0.05) is 0 Å². The lowest BCUT2D eigenvalue weighted by molar-refractivity contribution is 0.270. The molecule has 1 saturated carbocycles. The lowest BCUT2D eigenvalue weighted by Crippen LogP contribution is -2.35. The molecule has 100 valence electrons. The van der Waals surface area contributed by atoms with Crippen LogP contribution in [0.25, 0.3) is 0 Å². The van der Waals surface area contributed by atoms with Gasteiger partial charge < -0.3 is 15.9 Å². The summed E-state index contributed by atoms with van der Waals surface area (Å²) in [6.45, 7) is 4.09. The van der Waals surface area contributed by atoms with Crippen LogP contribution in [0.4, 0.5) is 0 Å². The minimum Gasteiger partial charge on any atom is -0.483 e. The van der Waals surface area contributed by atoms with Crippen molar-refractivity contribution in [1.82, 2.24) is 0 Å². The van der Waals surface area contributed by atoms with Crippen LogP contribution >= 0.6 is 0 Å². The van der Waals surface area contributed by atoms with Crippen molar-refractivity contribution in [3.05, 3.63) is 28.8 Å². The van der Waals surface area contributed by atoms with E-state index in [9.17, 15) is 0 Å². The summed E-state index contributed by atoms with van der Waals surface area (Å²) in [5, 5.41) is 17.1. The number of benzene rings is 1. The number of nitrogens with two attached hydrogens (primary N) is 1. The molecule has 0 aromatic heterocycles. The highest BCUT2D eigenvalue weighted by molar-refractivity contribution is 5.90. The highest BCUT2D eigenvalue weighted by Gasteiger charge is 2.32.